The summed E-state index contributed by atoms with van der Waals surface area (Å²) in [6, 6.07) is 38.9. The van der Waals surface area contributed by atoms with Crippen molar-refractivity contribution in [2.75, 3.05) is 0 Å². The van der Waals surface area contributed by atoms with E-state index in [-0.39, 0.29) is 7.43 Å². The molecule has 0 heteroatoms. The van der Waals surface area contributed by atoms with Crippen LogP contribution in [0.1, 0.15) is 57.4 Å². The second kappa shape index (κ2) is 11.7. The highest BCUT2D eigenvalue weighted by molar-refractivity contribution is 6.13. The molecule has 4 aromatic carbocycles. The lowest BCUT2D eigenvalue weighted by molar-refractivity contribution is 1.50. The molecule has 0 saturated carbocycles. The Balaban J connectivity index is 0.000000647. The van der Waals surface area contributed by atoms with E-state index >= 15 is 0 Å². The van der Waals surface area contributed by atoms with E-state index in [9.17, 15) is 0 Å². The first-order valence-corrected chi connectivity index (χ1v) is 11.0. The standard InChI is InChI=1S/C26H18.2C2H6.CH4/c1-3-11-19(12-4-1)25(20-13-5-2-6-14-20)26-23-17-9-7-15-21(23)22-16-8-10-18-24(22)26;2*1-2;/h1-18H;2*1-2H3;1H4. The van der Waals surface area contributed by atoms with Crippen LogP contribution in [0.5, 0.6) is 0 Å². The average Bonchev–Trinajstić information content (AvgIpc) is 3.18. The predicted molar refractivity (Wildman–Crippen MR) is 139 cm³/mol. The highest BCUT2D eigenvalue weighted by Gasteiger charge is 2.26. The third-order valence-electron chi connectivity index (χ3n) is 5.06. The molecule has 0 aliphatic heterocycles. The van der Waals surface area contributed by atoms with Crippen LogP contribution in [0.4, 0.5) is 0 Å². The number of benzene rings is 4. The van der Waals surface area contributed by atoms with Gasteiger partial charge in [0.1, 0.15) is 0 Å². The van der Waals surface area contributed by atoms with Crippen molar-refractivity contribution in [3.63, 3.8) is 0 Å². The molecule has 0 atom stereocenters. The van der Waals surface area contributed by atoms with Crippen LogP contribution in [0, 0.1) is 0 Å². The fourth-order valence-corrected chi connectivity index (χ4v) is 3.95. The Morgan fingerprint density at radius 1 is 0.387 bits per heavy atom. The van der Waals surface area contributed by atoms with Gasteiger partial charge in [-0.1, -0.05) is 144 Å². The quantitative estimate of drug-likeness (QED) is 0.274. The molecule has 1 aliphatic carbocycles. The SMILES string of the molecule is C.CC.CC.c1ccc(C(=C2c3ccccc3-c3ccccc32)c2ccccc2)cc1. The molecule has 0 saturated heterocycles. The minimum atomic E-state index is 0. The van der Waals surface area contributed by atoms with Crippen molar-refractivity contribution in [1.82, 2.24) is 0 Å². The summed E-state index contributed by atoms with van der Waals surface area (Å²) in [7, 11) is 0. The van der Waals surface area contributed by atoms with E-state index in [0.29, 0.717) is 0 Å². The molecule has 158 valence electrons. The van der Waals surface area contributed by atoms with Crippen molar-refractivity contribution in [2.24, 2.45) is 0 Å². The zero-order chi connectivity index (χ0) is 21.3. The largest absolute Gasteiger partial charge is 0.0776 e. The van der Waals surface area contributed by atoms with Crippen molar-refractivity contribution in [1.29, 1.82) is 0 Å². The van der Waals surface area contributed by atoms with Gasteiger partial charge in [-0.2, -0.15) is 0 Å². The van der Waals surface area contributed by atoms with Crippen LogP contribution in [0.2, 0.25) is 0 Å². The van der Waals surface area contributed by atoms with Crippen LogP contribution < -0.4 is 0 Å². The minimum Gasteiger partial charge on any atom is -0.0776 e. The summed E-state index contributed by atoms with van der Waals surface area (Å²) in [6.07, 6.45) is 0. The van der Waals surface area contributed by atoms with Crippen LogP contribution in [0.3, 0.4) is 0 Å². The van der Waals surface area contributed by atoms with Gasteiger partial charge in [-0.15, -0.1) is 0 Å². The van der Waals surface area contributed by atoms with E-state index in [1.54, 1.807) is 0 Å². The summed E-state index contributed by atoms with van der Waals surface area (Å²) in [6.45, 7) is 8.00. The third-order valence-corrected chi connectivity index (χ3v) is 5.06. The zero-order valence-corrected chi connectivity index (χ0v) is 18.4. The molecule has 0 nitrogen and oxygen atoms in total. The summed E-state index contributed by atoms with van der Waals surface area (Å²) in [5.74, 6) is 0. The Morgan fingerprint density at radius 3 is 1.03 bits per heavy atom. The first-order chi connectivity index (χ1) is 14.9. The van der Waals surface area contributed by atoms with Crippen molar-refractivity contribution < 1.29 is 0 Å². The van der Waals surface area contributed by atoms with E-state index in [1.807, 2.05) is 27.7 Å². The van der Waals surface area contributed by atoms with Gasteiger partial charge in [0.15, 0.2) is 0 Å². The summed E-state index contributed by atoms with van der Waals surface area (Å²) in [5.41, 5.74) is 10.4. The van der Waals surface area contributed by atoms with Crippen molar-refractivity contribution in [3.05, 3.63) is 131 Å². The van der Waals surface area contributed by atoms with Crippen LogP contribution in [0.25, 0.3) is 22.3 Å². The molecule has 5 rings (SSSR count). The summed E-state index contributed by atoms with van der Waals surface area (Å²) in [4.78, 5) is 0. The van der Waals surface area contributed by atoms with Gasteiger partial charge >= 0.3 is 0 Å². The molecule has 0 unspecified atom stereocenters. The van der Waals surface area contributed by atoms with Gasteiger partial charge in [0.25, 0.3) is 0 Å². The maximum Gasteiger partial charge on any atom is -0.00143 e. The highest BCUT2D eigenvalue weighted by atomic mass is 14.3. The van der Waals surface area contributed by atoms with E-state index < -0.39 is 0 Å². The lowest BCUT2D eigenvalue weighted by Crippen LogP contribution is -1.94. The predicted octanol–water partition coefficient (Wildman–Crippen LogP) is 9.36. The molecular formula is C31H34. The molecule has 0 radical (unpaired) electrons. The lowest BCUT2D eigenvalue weighted by Gasteiger charge is -2.15. The van der Waals surface area contributed by atoms with Gasteiger partial charge in [0, 0.05) is 0 Å². The fourth-order valence-electron chi connectivity index (χ4n) is 3.95. The number of hydrogen-bond donors (Lipinski definition) is 0. The Kier molecular flexibility index (Phi) is 9.03. The first-order valence-electron chi connectivity index (χ1n) is 11.0. The van der Waals surface area contributed by atoms with Crippen LogP contribution >= 0.6 is 0 Å². The van der Waals surface area contributed by atoms with Gasteiger partial charge in [0.2, 0.25) is 0 Å². The van der Waals surface area contributed by atoms with Crippen LogP contribution in [-0.4, -0.2) is 0 Å². The van der Waals surface area contributed by atoms with Gasteiger partial charge in [-0.05, 0) is 44.5 Å². The Hall–Kier alpha value is -3.38. The Labute approximate surface area is 188 Å². The van der Waals surface area contributed by atoms with Crippen LogP contribution in [0.15, 0.2) is 109 Å². The first kappa shape index (κ1) is 23.9. The van der Waals surface area contributed by atoms with Crippen molar-refractivity contribution in [2.45, 2.75) is 35.1 Å². The number of fused-ring (bicyclic) bond motifs is 3. The van der Waals surface area contributed by atoms with Crippen molar-refractivity contribution in [3.8, 4) is 11.1 Å². The summed E-state index contributed by atoms with van der Waals surface area (Å²) < 4.78 is 0. The third kappa shape index (κ3) is 4.70. The molecule has 0 spiro atoms. The molecule has 1 aliphatic rings. The van der Waals surface area contributed by atoms with E-state index in [0.717, 1.165) is 0 Å². The van der Waals surface area contributed by atoms with Crippen LogP contribution in [-0.2, 0) is 0 Å². The monoisotopic (exact) mass is 406 g/mol. The summed E-state index contributed by atoms with van der Waals surface area (Å²) >= 11 is 0. The number of rotatable bonds is 2. The normalized spacial score (nSPS) is 10.3. The fraction of sp³-hybridized carbons (Fsp3) is 0.161. The maximum atomic E-state index is 2.25. The lowest BCUT2D eigenvalue weighted by atomic mass is 9.88. The second-order valence-electron chi connectivity index (χ2n) is 6.57. The van der Waals surface area contributed by atoms with Gasteiger partial charge in [0.05, 0.1) is 0 Å². The molecule has 31 heavy (non-hydrogen) atoms. The molecule has 4 aromatic rings. The topological polar surface area (TPSA) is 0 Å². The Morgan fingerprint density at radius 2 is 0.677 bits per heavy atom. The minimum absolute atomic E-state index is 0. The van der Waals surface area contributed by atoms with Gasteiger partial charge < -0.3 is 0 Å². The molecule has 0 amide bonds. The Bertz CT molecular complexity index is 1010. The molecule has 0 aromatic heterocycles. The van der Waals surface area contributed by atoms with Gasteiger partial charge in [-0.3, -0.25) is 0 Å². The molecule has 0 fully saturated rings. The molecule has 0 bridgehead atoms. The second-order valence-corrected chi connectivity index (χ2v) is 6.57. The van der Waals surface area contributed by atoms with E-state index in [2.05, 4.69) is 109 Å². The number of hydrogen-bond acceptors (Lipinski definition) is 0. The smallest absolute Gasteiger partial charge is 0.00143 e. The average molecular weight is 407 g/mol. The van der Waals surface area contributed by atoms with Gasteiger partial charge in [-0.25, -0.2) is 0 Å². The summed E-state index contributed by atoms with van der Waals surface area (Å²) in [5, 5.41) is 0. The van der Waals surface area contributed by atoms with E-state index in [4.69, 9.17) is 0 Å². The zero-order valence-electron chi connectivity index (χ0n) is 18.4. The van der Waals surface area contributed by atoms with Crippen molar-refractivity contribution >= 4 is 11.1 Å². The van der Waals surface area contributed by atoms with E-state index in [1.165, 1.54) is 44.5 Å². The molecular weight excluding hydrogens is 372 g/mol. The highest BCUT2D eigenvalue weighted by Crippen LogP contribution is 2.48. The molecule has 0 N–H and O–H groups in total. The molecule has 0 heterocycles. The maximum absolute atomic E-state index is 2.25.